The SMILES string of the molecule is CSc1cccc(NC(=O)CSc2nnnn2-c2ccc(C(C)C)cc2)c1. The van der Waals surface area contributed by atoms with Crippen molar-refractivity contribution in [1.82, 2.24) is 20.2 Å². The molecular formula is C19H21N5OS2. The van der Waals surface area contributed by atoms with E-state index in [2.05, 4.69) is 46.8 Å². The van der Waals surface area contributed by atoms with Crippen molar-refractivity contribution in [2.24, 2.45) is 0 Å². The number of benzene rings is 2. The molecule has 1 amide bonds. The predicted octanol–water partition coefficient (Wildman–Crippen LogP) is 4.24. The fourth-order valence-electron chi connectivity index (χ4n) is 2.46. The van der Waals surface area contributed by atoms with Crippen molar-refractivity contribution in [2.45, 2.75) is 29.8 Å². The van der Waals surface area contributed by atoms with E-state index in [-0.39, 0.29) is 11.7 Å². The fraction of sp³-hybridized carbons (Fsp3) is 0.263. The molecule has 1 aromatic heterocycles. The van der Waals surface area contributed by atoms with E-state index in [1.807, 2.05) is 42.7 Å². The van der Waals surface area contributed by atoms with Crippen LogP contribution >= 0.6 is 23.5 Å². The Balaban J connectivity index is 1.63. The maximum atomic E-state index is 12.3. The van der Waals surface area contributed by atoms with Gasteiger partial charge in [-0.1, -0.05) is 43.8 Å². The Morgan fingerprint density at radius 3 is 2.67 bits per heavy atom. The number of carbonyl (C=O) groups is 1. The molecule has 0 aliphatic rings. The van der Waals surface area contributed by atoms with Crippen molar-refractivity contribution in [3.05, 3.63) is 54.1 Å². The number of carbonyl (C=O) groups excluding carboxylic acids is 1. The summed E-state index contributed by atoms with van der Waals surface area (Å²) in [4.78, 5) is 13.4. The number of amides is 1. The zero-order chi connectivity index (χ0) is 19.2. The van der Waals surface area contributed by atoms with Crippen LogP contribution in [0.5, 0.6) is 0 Å². The summed E-state index contributed by atoms with van der Waals surface area (Å²) in [6.45, 7) is 4.31. The summed E-state index contributed by atoms with van der Waals surface area (Å²) in [6, 6.07) is 15.9. The van der Waals surface area contributed by atoms with E-state index < -0.39 is 0 Å². The van der Waals surface area contributed by atoms with Gasteiger partial charge in [-0.05, 0) is 58.5 Å². The zero-order valence-corrected chi connectivity index (χ0v) is 17.0. The summed E-state index contributed by atoms with van der Waals surface area (Å²) in [6.07, 6.45) is 2.00. The van der Waals surface area contributed by atoms with Crippen LogP contribution < -0.4 is 5.32 Å². The molecule has 0 radical (unpaired) electrons. The Morgan fingerprint density at radius 2 is 1.96 bits per heavy atom. The van der Waals surface area contributed by atoms with E-state index in [1.165, 1.54) is 17.3 Å². The van der Waals surface area contributed by atoms with E-state index in [0.717, 1.165) is 16.3 Å². The topological polar surface area (TPSA) is 72.7 Å². The molecule has 2 aromatic carbocycles. The number of thioether (sulfide) groups is 2. The number of hydrogen-bond donors (Lipinski definition) is 1. The van der Waals surface area contributed by atoms with Crippen molar-refractivity contribution < 1.29 is 4.79 Å². The number of rotatable bonds is 7. The van der Waals surface area contributed by atoms with Crippen LogP contribution in [0.3, 0.4) is 0 Å². The molecule has 0 saturated carbocycles. The van der Waals surface area contributed by atoms with Gasteiger partial charge in [-0.3, -0.25) is 4.79 Å². The lowest BCUT2D eigenvalue weighted by molar-refractivity contribution is -0.113. The number of tetrazole rings is 1. The minimum absolute atomic E-state index is 0.0945. The molecule has 27 heavy (non-hydrogen) atoms. The van der Waals surface area contributed by atoms with Gasteiger partial charge in [-0.15, -0.1) is 16.9 Å². The van der Waals surface area contributed by atoms with Crippen molar-refractivity contribution >= 4 is 35.1 Å². The highest BCUT2D eigenvalue weighted by Gasteiger charge is 2.12. The van der Waals surface area contributed by atoms with Gasteiger partial charge in [-0.2, -0.15) is 4.68 Å². The Hall–Kier alpha value is -2.32. The number of hydrogen-bond acceptors (Lipinski definition) is 6. The molecule has 140 valence electrons. The smallest absolute Gasteiger partial charge is 0.234 e. The number of nitrogens with one attached hydrogen (secondary N) is 1. The summed E-state index contributed by atoms with van der Waals surface area (Å²) in [5, 5.41) is 15.3. The molecule has 1 heterocycles. The molecule has 0 unspecified atom stereocenters. The van der Waals surface area contributed by atoms with Crippen LogP contribution in [0.1, 0.15) is 25.3 Å². The Morgan fingerprint density at radius 1 is 1.19 bits per heavy atom. The molecule has 3 rings (SSSR count). The highest BCUT2D eigenvalue weighted by Crippen LogP contribution is 2.22. The predicted molar refractivity (Wildman–Crippen MR) is 111 cm³/mol. The molecule has 3 aromatic rings. The van der Waals surface area contributed by atoms with Gasteiger partial charge in [0.05, 0.1) is 11.4 Å². The molecule has 0 saturated heterocycles. The molecular weight excluding hydrogens is 378 g/mol. The third-order valence-corrected chi connectivity index (χ3v) is 5.58. The third-order valence-electron chi connectivity index (χ3n) is 3.93. The molecule has 1 N–H and O–H groups in total. The molecule has 0 bridgehead atoms. The number of nitrogens with zero attached hydrogens (tertiary/aromatic N) is 4. The maximum Gasteiger partial charge on any atom is 0.234 e. The zero-order valence-electron chi connectivity index (χ0n) is 15.4. The minimum Gasteiger partial charge on any atom is -0.325 e. The molecule has 0 fully saturated rings. The van der Waals surface area contributed by atoms with Crippen LogP contribution in [0.2, 0.25) is 0 Å². The Bertz CT molecular complexity index is 908. The lowest BCUT2D eigenvalue weighted by atomic mass is 10.0. The summed E-state index contributed by atoms with van der Waals surface area (Å²) in [5.41, 5.74) is 2.92. The standard InChI is InChI=1S/C19H21N5OS2/c1-13(2)14-7-9-16(10-8-14)24-19(21-22-23-24)27-12-18(25)20-15-5-4-6-17(11-15)26-3/h4-11,13H,12H2,1-3H3,(H,20,25). The summed E-state index contributed by atoms with van der Waals surface area (Å²) in [5.74, 6) is 0.603. The van der Waals surface area contributed by atoms with Crippen LogP contribution in [0.4, 0.5) is 5.69 Å². The van der Waals surface area contributed by atoms with Crippen LogP contribution in [0, 0.1) is 0 Å². The Kier molecular flexibility index (Phi) is 6.52. The number of anilines is 1. The van der Waals surface area contributed by atoms with Crippen LogP contribution in [-0.4, -0.2) is 38.1 Å². The lowest BCUT2D eigenvalue weighted by Gasteiger charge is -2.08. The van der Waals surface area contributed by atoms with E-state index in [9.17, 15) is 4.79 Å². The van der Waals surface area contributed by atoms with Gasteiger partial charge in [-0.25, -0.2) is 0 Å². The van der Waals surface area contributed by atoms with Crippen LogP contribution in [0.25, 0.3) is 5.69 Å². The monoisotopic (exact) mass is 399 g/mol. The second kappa shape index (κ2) is 9.05. The first-order chi connectivity index (χ1) is 13.1. The van der Waals surface area contributed by atoms with Gasteiger partial charge in [0.2, 0.25) is 11.1 Å². The third kappa shape index (κ3) is 5.11. The highest BCUT2D eigenvalue weighted by atomic mass is 32.2. The molecule has 0 aliphatic carbocycles. The Labute approximate surface area is 167 Å². The van der Waals surface area contributed by atoms with Gasteiger partial charge in [0.1, 0.15) is 0 Å². The number of aromatic nitrogens is 4. The molecule has 0 aliphatic heterocycles. The van der Waals surface area contributed by atoms with Gasteiger partial charge in [0.25, 0.3) is 0 Å². The van der Waals surface area contributed by atoms with Gasteiger partial charge >= 0.3 is 0 Å². The molecule has 0 atom stereocenters. The first-order valence-electron chi connectivity index (χ1n) is 8.52. The quantitative estimate of drug-likeness (QED) is 0.599. The van der Waals surface area contributed by atoms with Gasteiger partial charge < -0.3 is 5.32 Å². The largest absolute Gasteiger partial charge is 0.325 e. The van der Waals surface area contributed by atoms with E-state index >= 15 is 0 Å². The molecule has 8 heteroatoms. The van der Waals surface area contributed by atoms with E-state index in [1.54, 1.807) is 16.4 Å². The lowest BCUT2D eigenvalue weighted by Crippen LogP contribution is -2.14. The van der Waals surface area contributed by atoms with Gasteiger partial charge in [0.15, 0.2) is 0 Å². The summed E-state index contributed by atoms with van der Waals surface area (Å²) >= 11 is 2.94. The second-order valence-corrected chi connectivity index (χ2v) is 8.01. The molecule has 0 spiro atoms. The first kappa shape index (κ1) is 19.4. The van der Waals surface area contributed by atoms with Crippen LogP contribution in [0.15, 0.2) is 58.6 Å². The summed E-state index contributed by atoms with van der Waals surface area (Å²) in [7, 11) is 0. The van der Waals surface area contributed by atoms with Crippen LogP contribution in [-0.2, 0) is 4.79 Å². The first-order valence-corrected chi connectivity index (χ1v) is 10.7. The van der Waals surface area contributed by atoms with Crippen molar-refractivity contribution in [3.63, 3.8) is 0 Å². The van der Waals surface area contributed by atoms with E-state index in [0.29, 0.717) is 11.1 Å². The van der Waals surface area contributed by atoms with Crippen molar-refractivity contribution in [3.8, 4) is 5.69 Å². The van der Waals surface area contributed by atoms with Gasteiger partial charge in [0, 0.05) is 10.6 Å². The van der Waals surface area contributed by atoms with Crippen molar-refractivity contribution in [2.75, 3.05) is 17.3 Å². The maximum absolute atomic E-state index is 12.3. The average Bonchev–Trinajstić information content (AvgIpc) is 3.15. The van der Waals surface area contributed by atoms with Crippen molar-refractivity contribution in [1.29, 1.82) is 0 Å². The normalized spacial score (nSPS) is 11.0. The second-order valence-electron chi connectivity index (χ2n) is 6.19. The average molecular weight is 400 g/mol. The summed E-state index contributed by atoms with van der Waals surface area (Å²) < 4.78 is 1.65. The van der Waals surface area contributed by atoms with E-state index in [4.69, 9.17) is 0 Å². The highest BCUT2D eigenvalue weighted by molar-refractivity contribution is 7.99. The molecule has 6 nitrogen and oxygen atoms in total. The minimum atomic E-state index is -0.0945. The fourth-order valence-corrected chi connectivity index (χ4v) is 3.61.